The molecule has 0 saturated heterocycles. The molecule has 0 aromatic heterocycles. The fourth-order valence-electron chi connectivity index (χ4n) is 4.02. The van der Waals surface area contributed by atoms with Gasteiger partial charge in [-0.1, -0.05) is 30.0 Å². The molecule has 9 heteroatoms. The first-order chi connectivity index (χ1) is 17.6. The Hall–Kier alpha value is -3.59. The summed E-state index contributed by atoms with van der Waals surface area (Å²) in [5.74, 6) is 2.14. The summed E-state index contributed by atoms with van der Waals surface area (Å²) in [7, 11) is 1.61. The van der Waals surface area contributed by atoms with Crippen LogP contribution >= 0.6 is 11.8 Å². The monoisotopic (exact) mass is 510 g/mol. The lowest BCUT2D eigenvalue weighted by Gasteiger charge is -2.33. The molecular formula is C27H30N2O6S. The number of nitrogens with zero attached hydrogens (tertiary/aromatic N) is 2. The molecule has 0 N–H and O–H groups in total. The number of carbonyl (C=O) groups is 1. The molecule has 0 spiro atoms. The smallest absolute Gasteiger partial charge is 0.338 e. The van der Waals surface area contributed by atoms with Crippen LogP contribution in [-0.2, 0) is 9.53 Å². The maximum Gasteiger partial charge on any atom is 0.338 e. The van der Waals surface area contributed by atoms with E-state index < -0.39 is 0 Å². The van der Waals surface area contributed by atoms with Crippen LogP contribution in [0.3, 0.4) is 0 Å². The van der Waals surface area contributed by atoms with E-state index in [0.29, 0.717) is 54.1 Å². The van der Waals surface area contributed by atoms with Crippen molar-refractivity contribution in [3.8, 4) is 23.0 Å². The maximum absolute atomic E-state index is 12.9. The second-order valence-electron chi connectivity index (χ2n) is 7.81. The predicted molar refractivity (Wildman–Crippen MR) is 140 cm³/mol. The summed E-state index contributed by atoms with van der Waals surface area (Å²) >= 11 is 1.52. The number of para-hydroxylation sites is 2. The summed E-state index contributed by atoms with van der Waals surface area (Å²) in [6.45, 7) is 6.96. The number of aliphatic imine (C=N–C) groups is 1. The quantitative estimate of drug-likeness (QED) is 0.297. The van der Waals surface area contributed by atoms with Crippen molar-refractivity contribution in [1.29, 1.82) is 0 Å². The molecule has 36 heavy (non-hydrogen) atoms. The molecule has 2 heterocycles. The highest BCUT2D eigenvalue weighted by atomic mass is 32.2. The summed E-state index contributed by atoms with van der Waals surface area (Å²) < 4.78 is 28.4. The molecule has 0 amide bonds. The molecule has 2 aromatic carbocycles. The first-order valence-corrected chi connectivity index (χ1v) is 12.7. The van der Waals surface area contributed by atoms with Gasteiger partial charge >= 0.3 is 5.97 Å². The number of thioether (sulfide) groups is 1. The normalized spacial score (nSPS) is 16.4. The summed E-state index contributed by atoms with van der Waals surface area (Å²) in [5, 5.41) is 2.77. The number of allylic oxidation sites excluding steroid dienone is 1. The molecule has 2 aromatic rings. The minimum Gasteiger partial charge on any atom is -0.493 e. The third-order valence-corrected chi connectivity index (χ3v) is 6.34. The van der Waals surface area contributed by atoms with Gasteiger partial charge in [0.2, 0.25) is 0 Å². The largest absolute Gasteiger partial charge is 0.493 e. The summed E-state index contributed by atoms with van der Waals surface area (Å²) in [6.07, 6.45) is 1.93. The Balaban J connectivity index is 1.54. The second kappa shape index (κ2) is 11.9. The number of carbonyl (C=O) groups excluding carboxylic acids is 1. The van der Waals surface area contributed by atoms with Crippen LogP contribution in [0.1, 0.15) is 32.4 Å². The van der Waals surface area contributed by atoms with E-state index in [-0.39, 0.29) is 18.6 Å². The van der Waals surface area contributed by atoms with E-state index in [1.165, 1.54) is 11.8 Å². The van der Waals surface area contributed by atoms with E-state index in [1.807, 2.05) is 72.8 Å². The van der Waals surface area contributed by atoms with Crippen molar-refractivity contribution < 1.29 is 28.5 Å². The van der Waals surface area contributed by atoms with Crippen LogP contribution in [-0.4, -0.2) is 49.6 Å². The van der Waals surface area contributed by atoms with Gasteiger partial charge < -0.3 is 28.6 Å². The number of rotatable bonds is 11. The average Bonchev–Trinajstić information content (AvgIpc) is 3.35. The van der Waals surface area contributed by atoms with Crippen LogP contribution in [0.25, 0.3) is 0 Å². The molecule has 2 aliphatic heterocycles. The molecule has 0 radical (unpaired) electrons. The summed E-state index contributed by atoms with van der Waals surface area (Å²) in [5.41, 5.74) is 2.03. The van der Waals surface area contributed by atoms with E-state index in [2.05, 4.69) is 4.99 Å². The molecule has 0 bridgehead atoms. The van der Waals surface area contributed by atoms with Crippen LogP contribution in [0, 0.1) is 0 Å². The lowest BCUT2D eigenvalue weighted by molar-refractivity contribution is -0.139. The third kappa shape index (κ3) is 5.46. The topological polar surface area (TPSA) is 78.8 Å². The highest BCUT2D eigenvalue weighted by Gasteiger charge is 2.37. The van der Waals surface area contributed by atoms with Gasteiger partial charge in [-0.3, -0.25) is 0 Å². The van der Waals surface area contributed by atoms with Gasteiger partial charge in [-0.25, -0.2) is 9.79 Å². The molecule has 0 unspecified atom stereocenters. The third-order valence-electron chi connectivity index (χ3n) is 5.57. The van der Waals surface area contributed by atoms with Gasteiger partial charge in [0, 0.05) is 6.20 Å². The Bertz CT molecular complexity index is 1190. The Morgan fingerprint density at radius 1 is 0.972 bits per heavy atom. The Morgan fingerprint density at radius 2 is 1.69 bits per heavy atom. The molecule has 0 aliphatic carbocycles. The fraction of sp³-hybridized carbons (Fsp3) is 0.333. The maximum atomic E-state index is 12.9. The molecule has 4 rings (SSSR count). The van der Waals surface area contributed by atoms with Crippen LogP contribution < -0.4 is 18.9 Å². The number of hydrogen-bond donors (Lipinski definition) is 0. The predicted octanol–water partition coefficient (Wildman–Crippen LogP) is 5.32. The standard InChI is InChI=1S/C27H30N2O6S/c1-5-32-23-17-19(11-12-22(23)35-15-14-34-21-10-8-7-9-20(21)31-4)25-24(26(30)33-6-2)18(3)28-27-29(25)13-16-36-27/h7-13,16-17,25H,5-6,14-15H2,1-4H3/t25-/m0/s1. The van der Waals surface area contributed by atoms with E-state index in [9.17, 15) is 4.79 Å². The zero-order valence-corrected chi connectivity index (χ0v) is 21.7. The minimum absolute atomic E-state index is 0.289. The van der Waals surface area contributed by atoms with Gasteiger partial charge in [0.1, 0.15) is 13.2 Å². The van der Waals surface area contributed by atoms with Crippen molar-refractivity contribution in [3.05, 3.63) is 70.9 Å². The zero-order chi connectivity index (χ0) is 25.5. The van der Waals surface area contributed by atoms with E-state index in [1.54, 1.807) is 14.0 Å². The molecule has 2 aliphatic rings. The first kappa shape index (κ1) is 25.5. The zero-order valence-electron chi connectivity index (χ0n) is 20.9. The number of amidine groups is 1. The minimum atomic E-state index is -0.384. The molecule has 0 fully saturated rings. The highest BCUT2D eigenvalue weighted by molar-refractivity contribution is 8.16. The van der Waals surface area contributed by atoms with E-state index >= 15 is 0 Å². The highest BCUT2D eigenvalue weighted by Crippen LogP contribution is 2.43. The van der Waals surface area contributed by atoms with Gasteiger partial charge in [0.25, 0.3) is 0 Å². The number of fused-ring (bicyclic) bond motifs is 1. The Labute approximate surface area is 215 Å². The molecular weight excluding hydrogens is 480 g/mol. The number of esters is 1. The average molecular weight is 511 g/mol. The van der Waals surface area contributed by atoms with Crippen molar-refractivity contribution in [1.82, 2.24) is 4.90 Å². The first-order valence-electron chi connectivity index (χ1n) is 11.8. The molecule has 190 valence electrons. The SMILES string of the molecule is CCOC(=O)C1=C(C)N=C2SC=CN2[C@H]1c1ccc(OCCOc2ccccc2OC)c(OCC)c1. The van der Waals surface area contributed by atoms with Gasteiger partial charge in [-0.2, -0.15) is 0 Å². The van der Waals surface area contributed by atoms with Crippen LogP contribution in [0.2, 0.25) is 0 Å². The van der Waals surface area contributed by atoms with Gasteiger partial charge in [0.05, 0.1) is 37.6 Å². The molecule has 0 saturated carbocycles. The van der Waals surface area contributed by atoms with Crippen LogP contribution in [0.5, 0.6) is 23.0 Å². The second-order valence-corrected chi connectivity index (χ2v) is 8.69. The van der Waals surface area contributed by atoms with Crippen molar-refractivity contribution in [2.24, 2.45) is 4.99 Å². The van der Waals surface area contributed by atoms with E-state index in [4.69, 9.17) is 23.7 Å². The lowest BCUT2D eigenvalue weighted by Crippen LogP contribution is -2.34. The van der Waals surface area contributed by atoms with Gasteiger partial charge in [-0.15, -0.1) is 0 Å². The number of benzene rings is 2. The Morgan fingerprint density at radius 3 is 2.39 bits per heavy atom. The number of ether oxygens (including phenoxy) is 5. The summed E-state index contributed by atoms with van der Waals surface area (Å²) in [6, 6.07) is 12.8. The van der Waals surface area contributed by atoms with Gasteiger partial charge in [-0.05, 0) is 56.0 Å². The van der Waals surface area contributed by atoms with Crippen molar-refractivity contribution in [2.45, 2.75) is 26.8 Å². The van der Waals surface area contributed by atoms with Crippen LogP contribution in [0.15, 0.2) is 70.3 Å². The van der Waals surface area contributed by atoms with Crippen molar-refractivity contribution in [3.63, 3.8) is 0 Å². The lowest BCUT2D eigenvalue weighted by atomic mass is 9.94. The number of hydrogen-bond acceptors (Lipinski definition) is 9. The fourth-order valence-corrected chi connectivity index (χ4v) is 4.81. The molecule has 1 atom stereocenters. The summed E-state index contributed by atoms with van der Waals surface area (Å²) in [4.78, 5) is 19.5. The van der Waals surface area contributed by atoms with E-state index in [0.717, 1.165) is 10.7 Å². The van der Waals surface area contributed by atoms with Gasteiger partial charge in [0.15, 0.2) is 28.2 Å². The van der Waals surface area contributed by atoms with Crippen molar-refractivity contribution in [2.75, 3.05) is 33.5 Å². The Kier molecular flexibility index (Phi) is 8.43. The van der Waals surface area contributed by atoms with Crippen LogP contribution in [0.4, 0.5) is 0 Å². The molecule has 8 nitrogen and oxygen atoms in total. The number of methoxy groups -OCH3 is 1. The van der Waals surface area contributed by atoms with Crippen molar-refractivity contribution >= 4 is 22.9 Å².